The first-order chi connectivity index (χ1) is 7.71. The maximum atomic E-state index is 11.4. The van der Waals surface area contributed by atoms with Crippen molar-refractivity contribution in [3.05, 3.63) is 34.9 Å². The van der Waals surface area contributed by atoms with Crippen molar-refractivity contribution in [3.8, 4) is 0 Å². The van der Waals surface area contributed by atoms with Crippen LogP contribution < -0.4 is 0 Å². The smallest absolute Gasteiger partial charge is 0.151 e. The number of halogens is 1. The van der Waals surface area contributed by atoms with Crippen molar-refractivity contribution in [3.63, 3.8) is 0 Å². The standard InChI is InChI=1S/C13H19ClO2S/c1-9-5-6-12(7-10(9)2)8-13(14)11(3)17(4,15)16/h5-7,11,13H,8H2,1-4H3. The summed E-state index contributed by atoms with van der Waals surface area (Å²) >= 11 is 6.16. The average Bonchev–Trinajstić information content (AvgIpc) is 2.21. The molecule has 2 unspecified atom stereocenters. The Morgan fingerprint density at radius 1 is 1.24 bits per heavy atom. The van der Waals surface area contributed by atoms with Crippen molar-refractivity contribution in [2.24, 2.45) is 0 Å². The molecule has 17 heavy (non-hydrogen) atoms. The van der Waals surface area contributed by atoms with Gasteiger partial charge in [0, 0.05) is 6.26 Å². The molecule has 2 atom stereocenters. The van der Waals surface area contributed by atoms with Gasteiger partial charge < -0.3 is 0 Å². The molecule has 0 N–H and O–H groups in total. The molecule has 0 aromatic heterocycles. The third kappa shape index (κ3) is 4.00. The van der Waals surface area contributed by atoms with Gasteiger partial charge in [-0.05, 0) is 43.9 Å². The lowest BCUT2D eigenvalue weighted by atomic mass is 10.0. The summed E-state index contributed by atoms with van der Waals surface area (Å²) in [6.45, 7) is 5.76. The number of hydrogen-bond acceptors (Lipinski definition) is 2. The van der Waals surface area contributed by atoms with Crippen molar-refractivity contribution in [1.29, 1.82) is 0 Å². The van der Waals surface area contributed by atoms with Crippen LogP contribution in [0, 0.1) is 13.8 Å². The van der Waals surface area contributed by atoms with E-state index in [-0.39, 0.29) is 5.38 Å². The van der Waals surface area contributed by atoms with Crippen LogP contribution in [0.3, 0.4) is 0 Å². The maximum Gasteiger partial charge on any atom is 0.151 e. The fraction of sp³-hybridized carbons (Fsp3) is 0.538. The molecular formula is C13H19ClO2S. The number of sulfone groups is 1. The fourth-order valence-corrected chi connectivity index (χ4v) is 2.96. The Balaban J connectivity index is 2.81. The highest BCUT2D eigenvalue weighted by Crippen LogP contribution is 2.18. The van der Waals surface area contributed by atoms with Gasteiger partial charge >= 0.3 is 0 Å². The van der Waals surface area contributed by atoms with Crippen LogP contribution in [0.1, 0.15) is 23.6 Å². The third-order valence-corrected chi connectivity index (χ3v) is 5.55. The summed E-state index contributed by atoms with van der Waals surface area (Å²) in [5, 5.41) is -0.905. The van der Waals surface area contributed by atoms with Crippen LogP contribution in [0.15, 0.2) is 18.2 Å². The summed E-state index contributed by atoms with van der Waals surface area (Å²) in [6, 6.07) is 6.12. The van der Waals surface area contributed by atoms with Gasteiger partial charge in [-0.15, -0.1) is 11.6 Å². The molecule has 0 aliphatic heterocycles. The Morgan fingerprint density at radius 2 is 1.82 bits per heavy atom. The lowest BCUT2D eigenvalue weighted by Crippen LogP contribution is -2.28. The van der Waals surface area contributed by atoms with E-state index >= 15 is 0 Å². The van der Waals surface area contributed by atoms with E-state index in [1.165, 1.54) is 17.4 Å². The van der Waals surface area contributed by atoms with Gasteiger partial charge in [0.15, 0.2) is 9.84 Å². The van der Waals surface area contributed by atoms with E-state index in [9.17, 15) is 8.42 Å². The highest BCUT2D eigenvalue weighted by molar-refractivity contribution is 7.91. The number of alkyl halides is 1. The van der Waals surface area contributed by atoms with E-state index in [0.29, 0.717) is 6.42 Å². The molecule has 1 aromatic rings. The maximum absolute atomic E-state index is 11.4. The summed E-state index contributed by atoms with van der Waals surface area (Å²) in [6.07, 6.45) is 1.81. The van der Waals surface area contributed by atoms with Gasteiger partial charge in [0.2, 0.25) is 0 Å². The predicted molar refractivity (Wildman–Crippen MR) is 73.6 cm³/mol. The minimum atomic E-state index is -3.07. The fourth-order valence-electron chi connectivity index (χ4n) is 1.59. The Morgan fingerprint density at radius 3 is 2.29 bits per heavy atom. The number of rotatable bonds is 4. The lowest BCUT2D eigenvalue weighted by Gasteiger charge is -2.16. The molecule has 0 bridgehead atoms. The predicted octanol–water partition coefficient (Wildman–Crippen LogP) is 2.89. The van der Waals surface area contributed by atoms with E-state index in [2.05, 4.69) is 13.0 Å². The molecule has 0 saturated heterocycles. The largest absolute Gasteiger partial charge is 0.229 e. The summed E-state index contributed by atoms with van der Waals surface area (Å²) in [7, 11) is -3.07. The van der Waals surface area contributed by atoms with E-state index in [4.69, 9.17) is 11.6 Å². The van der Waals surface area contributed by atoms with Crippen LogP contribution in [0.2, 0.25) is 0 Å². The molecule has 0 fully saturated rings. The normalized spacial score (nSPS) is 15.6. The molecule has 0 aliphatic rings. The first kappa shape index (κ1) is 14.5. The van der Waals surface area contributed by atoms with Crippen LogP contribution in [0.4, 0.5) is 0 Å². The zero-order valence-corrected chi connectivity index (χ0v) is 12.3. The molecule has 1 rings (SSSR count). The molecule has 0 aliphatic carbocycles. The second-order valence-corrected chi connectivity index (χ2v) is 7.64. The molecule has 4 heteroatoms. The minimum absolute atomic E-state index is 0.382. The van der Waals surface area contributed by atoms with Crippen molar-refractivity contribution >= 4 is 21.4 Å². The van der Waals surface area contributed by atoms with Crippen molar-refractivity contribution in [2.45, 2.75) is 37.8 Å². The molecule has 1 aromatic carbocycles. The third-order valence-electron chi connectivity index (χ3n) is 3.19. The van der Waals surface area contributed by atoms with E-state index in [0.717, 1.165) is 5.56 Å². The molecular weight excluding hydrogens is 256 g/mol. The zero-order chi connectivity index (χ0) is 13.2. The van der Waals surface area contributed by atoms with Gasteiger partial charge in [0.25, 0.3) is 0 Å². The van der Waals surface area contributed by atoms with E-state index < -0.39 is 15.1 Å². The molecule has 0 radical (unpaired) electrons. The molecule has 96 valence electrons. The van der Waals surface area contributed by atoms with Gasteiger partial charge in [0.05, 0.1) is 10.6 Å². The van der Waals surface area contributed by atoms with E-state index in [1.54, 1.807) is 6.92 Å². The van der Waals surface area contributed by atoms with Crippen LogP contribution in [-0.4, -0.2) is 25.3 Å². The first-order valence-electron chi connectivity index (χ1n) is 5.61. The summed E-state index contributed by atoms with van der Waals surface area (Å²) < 4.78 is 22.8. The monoisotopic (exact) mass is 274 g/mol. The van der Waals surface area contributed by atoms with Crippen LogP contribution in [0.25, 0.3) is 0 Å². The van der Waals surface area contributed by atoms with Crippen LogP contribution in [-0.2, 0) is 16.3 Å². The molecule has 0 spiro atoms. The minimum Gasteiger partial charge on any atom is -0.229 e. The van der Waals surface area contributed by atoms with Crippen LogP contribution >= 0.6 is 11.6 Å². The quantitative estimate of drug-likeness (QED) is 0.791. The van der Waals surface area contributed by atoms with Crippen LogP contribution in [0.5, 0.6) is 0 Å². The Hall–Kier alpha value is -0.540. The number of benzene rings is 1. The summed E-state index contributed by atoms with van der Waals surface area (Å²) in [5.74, 6) is 0. The Bertz CT molecular complexity index is 494. The molecule has 0 saturated carbocycles. The van der Waals surface area contributed by atoms with Gasteiger partial charge in [-0.25, -0.2) is 8.42 Å². The molecule has 2 nitrogen and oxygen atoms in total. The van der Waals surface area contributed by atoms with Gasteiger partial charge in [-0.3, -0.25) is 0 Å². The van der Waals surface area contributed by atoms with Gasteiger partial charge in [-0.2, -0.15) is 0 Å². The molecule has 0 amide bonds. The second kappa shape index (κ2) is 5.40. The Labute approximate surface area is 109 Å². The van der Waals surface area contributed by atoms with Gasteiger partial charge in [-0.1, -0.05) is 18.2 Å². The van der Waals surface area contributed by atoms with Gasteiger partial charge in [0.1, 0.15) is 0 Å². The summed E-state index contributed by atoms with van der Waals surface area (Å²) in [5.41, 5.74) is 3.53. The SMILES string of the molecule is Cc1ccc(CC(Cl)C(C)S(C)(=O)=O)cc1C. The van der Waals surface area contributed by atoms with Crippen molar-refractivity contribution in [2.75, 3.05) is 6.26 Å². The highest BCUT2D eigenvalue weighted by atomic mass is 35.5. The number of aryl methyl sites for hydroxylation is 2. The first-order valence-corrected chi connectivity index (χ1v) is 8.00. The topological polar surface area (TPSA) is 34.1 Å². The molecule has 0 heterocycles. The summed E-state index contributed by atoms with van der Waals surface area (Å²) in [4.78, 5) is 0. The van der Waals surface area contributed by atoms with E-state index in [1.807, 2.05) is 19.1 Å². The highest BCUT2D eigenvalue weighted by Gasteiger charge is 2.24. The lowest BCUT2D eigenvalue weighted by molar-refractivity contribution is 0.584. The Kier molecular flexibility index (Phi) is 4.62. The van der Waals surface area contributed by atoms with Crippen molar-refractivity contribution < 1.29 is 8.42 Å². The zero-order valence-electron chi connectivity index (χ0n) is 10.7. The second-order valence-electron chi connectivity index (χ2n) is 4.67. The average molecular weight is 275 g/mol. The number of hydrogen-bond donors (Lipinski definition) is 0. The van der Waals surface area contributed by atoms with Crippen molar-refractivity contribution in [1.82, 2.24) is 0 Å².